The summed E-state index contributed by atoms with van der Waals surface area (Å²) in [5, 5.41) is -0.182. The monoisotopic (exact) mass is 173 g/mol. The van der Waals surface area contributed by atoms with Gasteiger partial charge in [-0.25, -0.2) is 13.1 Å². The van der Waals surface area contributed by atoms with E-state index in [1.807, 2.05) is 0 Å². The van der Waals surface area contributed by atoms with Crippen LogP contribution in [0, 0.1) is 12.3 Å². The van der Waals surface area contributed by atoms with Gasteiger partial charge in [0, 0.05) is 0 Å². The number of sulfonamides is 1. The second-order valence-corrected chi connectivity index (χ2v) is 4.74. The van der Waals surface area contributed by atoms with Crippen molar-refractivity contribution in [2.75, 3.05) is 0 Å². The summed E-state index contributed by atoms with van der Waals surface area (Å²) in [6.45, 7) is 1.65. The second kappa shape index (κ2) is 2.84. The maximum Gasteiger partial charge on any atom is 0.215 e. The molecule has 0 aromatic carbocycles. The zero-order valence-electron chi connectivity index (χ0n) is 6.37. The topological polar surface area (TPSA) is 46.2 Å². The van der Waals surface area contributed by atoms with Crippen LogP contribution >= 0.6 is 0 Å². The molecule has 0 aromatic heterocycles. The minimum absolute atomic E-state index is 0.182. The van der Waals surface area contributed by atoms with Crippen molar-refractivity contribution in [1.82, 2.24) is 4.72 Å². The maximum absolute atomic E-state index is 11.2. The quantitative estimate of drug-likeness (QED) is 0.615. The smallest absolute Gasteiger partial charge is 0.212 e. The molecule has 11 heavy (non-hydrogen) atoms. The molecule has 4 heteroatoms. The standard InChI is InChI=1S/C7H11NO2S/c1-3-6(2)8-11(9,10)7-4-5-7/h1,6-8H,4-5H2,2H3. The van der Waals surface area contributed by atoms with Crippen molar-refractivity contribution in [3.63, 3.8) is 0 Å². The van der Waals surface area contributed by atoms with Crippen LogP contribution in [0.4, 0.5) is 0 Å². The van der Waals surface area contributed by atoms with E-state index in [1.165, 1.54) is 0 Å². The number of terminal acetylenes is 1. The van der Waals surface area contributed by atoms with Gasteiger partial charge >= 0.3 is 0 Å². The summed E-state index contributed by atoms with van der Waals surface area (Å²) in [7, 11) is -3.09. The molecular formula is C7H11NO2S. The normalized spacial score (nSPS) is 20.7. The third-order valence-electron chi connectivity index (χ3n) is 1.55. The fraction of sp³-hybridized carbons (Fsp3) is 0.714. The molecule has 0 aliphatic heterocycles. The molecule has 0 bridgehead atoms. The first kappa shape index (κ1) is 8.57. The van der Waals surface area contributed by atoms with Crippen molar-refractivity contribution < 1.29 is 8.42 Å². The van der Waals surface area contributed by atoms with Crippen LogP contribution in [0.5, 0.6) is 0 Å². The zero-order valence-corrected chi connectivity index (χ0v) is 7.19. The first-order valence-electron chi connectivity index (χ1n) is 3.53. The van der Waals surface area contributed by atoms with Gasteiger partial charge in [0.15, 0.2) is 0 Å². The Balaban J connectivity index is 2.54. The molecule has 1 saturated carbocycles. The number of nitrogens with one attached hydrogen (secondary N) is 1. The lowest BCUT2D eigenvalue weighted by molar-refractivity contribution is 0.576. The van der Waals surface area contributed by atoms with Crippen molar-refractivity contribution in [2.24, 2.45) is 0 Å². The highest BCUT2D eigenvalue weighted by Gasteiger charge is 2.35. The SMILES string of the molecule is C#CC(C)NS(=O)(=O)C1CC1. The third kappa shape index (κ3) is 2.21. The van der Waals surface area contributed by atoms with Crippen LogP contribution in [0.3, 0.4) is 0 Å². The summed E-state index contributed by atoms with van der Waals surface area (Å²) in [6.07, 6.45) is 6.56. The minimum atomic E-state index is -3.09. The highest BCUT2D eigenvalue weighted by atomic mass is 32.2. The Bertz CT molecular complexity index is 271. The van der Waals surface area contributed by atoms with Crippen LogP contribution < -0.4 is 4.72 Å². The number of rotatable bonds is 3. The van der Waals surface area contributed by atoms with E-state index in [2.05, 4.69) is 10.6 Å². The van der Waals surface area contributed by atoms with E-state index >= 15 is 0 Å². The molecule has 1 aliphatic rings. The van der Waals surface area contributed by atoms with Gasteiger partial charge in [0.25, 0.3) is 0 Å². The molecule has 1 atom stereocenters. The first-order valence-corrected chi connectivity index (χ1v) is 5.08. The van der Waals surface area contributed by atoms with E-state index in [0.29, 0.717) is 0 Å². The molecule has 0 aromatic rings. The fourth-order valence-corrected chi connectivity index (χ4v) is 2.26. The Morgan fingerprint density at radius 3 is 2.55 bits per heavy atom. The Labute approximate surface area is 67.2 Å². The van der Waals surface area contributed by atoms with Crippen LogP contribution in [-0.4, -0.2) is 19.7 Å². The van der Waals surface area contributed by atoms with E-state index in [9.17, 15) is 8.42 Å². The molecule has 0 spiro atoms. The van der Waals surface area contributed by atoms with Crippen LogP contribution in [0.2, 0.25) is 0 Å². The Hall–Kier alpha value is -0.530. The Morgan fingerprint density at radius 1 is 1.64 bits per heavy atom. The van der Waals surface area contributed by atoms with E-state index in [-0.39, 0.29) is 11.3 Å². The predicted molar refractivity (Wildman–Crippen MR) is 43.4 cm³/mol. The van der Waals surface area contributed by atoms with Gasteiger partial charge in [-0.15, -0.1) is 6.42 Å². The van der Waals surface area contributed by atoms with Crippen LogP contribution in [-0.2, 0) is 10.0 Å². The summed E-state index contributed by atoms with van der Waals surface area (Å²) in [6, 6.07) is -0.388. The molecule has 0 amide bonds. The molecule has 62 valence electrons. The molecule has 3 nitrogen and oxygen atoms in total. The zero-order chi connectivity index (χ0) is 8.48. The second-order valence-electron chi connectivity index (χ2n) is 2.75. The number of hydrogen-bond acceptors (Lipinski definition) is 2. The van der Waals surface area contributed by atoms with Gasteiger partial charge in [0.2, 0.25) is 10.0 Å². The van der Waals surface area contributed by atoms with Crippen LogP contribution in [0.15, 0.2) is 0 Å². The summed E-state index contributed by atoms with van der Waals surface area (Å²) in [5.74, 6) is 2.31. The average Bonchev–Trinajstić information content (AvgIpc) is 2.66. The summed E-state index contributed by atoms with van der Waals surface area (Å²) in [5.41, 5.74) is 0. The average molecular weight is 173 g/mol. The molecule has 0 radical (unpaired) electrons. The third-order valence-corrected chi connectivity index (χ3v) is 3.59. The summed E-state index contributed by atoms with van der Waals surface area (Å²) in [4.78, 5) is 0. The number of hydrogen-bond donors (Lipinski definition) is 1. The van der Waals surface area contributed by atoms with E-state index in [0.717, 1.165) is 12.8 Å². The van der Waals surface area contributed by atoms with Crippen molar-refractivity contribution in [3.8, 4) is 12.3 Å². The molecular weight excluding hydrogens is 162 g/mol. The van der Waals surface area contributed by atoms with E-state index in [4.69, 9.17) is 6.42 Å². The predicted octanol–water partition coefficient (Wildman–Crippen LogP) is 0.0899. The van der Waals surface area contributed by atoms with Crippen molar-refractivity contribution >= 4 is 10.0 Å². The highest BCUT2D eigenvalue weighted by molar-refractivity contribution is 7.90. The summed E-state index contributed by atoms with van der Waals surface area (Å²) >= 11 is 0. The molecule has 0 saturated heterocycles. The molecule has 1 unspecified atom stereocenters. The van der Waals surface area contributed by atoms with Crippen molar-refractivity contribution in [2.45, 2.75) is 31.1 Å². The minimum Gasteiger partial charge on any atom is -0.212 e. The van der Waals surface area contributed by atoms with Gasteiger partial charge in [-0.05, 0) is 19.8 Å². The largest absolute Gasteiger partial charge is 0.215 e. The van der Waals surface area contributed by atoms with Gasteiger partial charge in [0.05, 0.1) is 11.3 Å². The Kier molecular flexibility index (Phi) is 2.21. The fourth-order valence-electron chi connectivity index (χ4n) is 0.755. The molecule has 0 heterocycles. The van der Waals surface area contributed by atoms with Gasteiger partial charge < -0.3 is 0 Å². The molecule has 1 N–H and O–H groups in total. The molecule has 1 fully saturated rings. The van der Waals surface area contributed by atoms with Crippen LogP contribution in [0.25, 0.3) is 0 Å². The van der Waals surface area contributed by atoms with Gasteiger partial charge in [-0.2, -0.15) is 0 Å². The van der Waals surface area contributed by atoms with E-state index < -0.39 is 10.0 Å². The van der Waals surface area contributed by atoms with Crippen LogP contribution in [0.1, 0.15) is 19.8 Å². The summed E-state index contributed by atoms with van der Waals surface area (Å²) < 4.78 is 24.7. The Morgan fingerprint density at radius 2 is 2.18 bits per heavy atom. The van der Waals surface area contributed by atoms with Crippen molar-refractivity contribution in [1.29, 1.82) is 0 Å². The van der Waals surface area contributed by atoms with E-state index in [1.54, 1.807) is 6.92 Å². The highest BCUT2D eigenvalue weighted by Crippen LogP contribution is 2.27. The lowest BCUT2D eigenvalue weighted by Crippen LogP contribution is -2.33. The lowest BCUT2D eigenvalue weighted by atomic mass is 10.4. The molecule has 1 rings (SSSR count). The van der Waals surface area contributed by atoms with Gasteiger partial charge in [-0.3, -0.25) is 0 Å². The lowest BCUT2D eigenvalue weighted by Gasteiger charge is -2.06. The van der Waals surface area contributed by atoms with Crippen molar-refractivity contribution in [3.05, 3.63) is 0 Å². The van der Waals surface area contributed by atoms with Gasteiger partial charge in [-0.1, -0.05) is 5.92 Å². The first-order chi connectivity index (χ1) is 5.06. The van der Waals surface area contributed by atoms with Gasteiger partial charge in [0.1, 0.15) is 0 Å². The maximum atomic E-state index is 11.2. The molecule has 1 aliphatic carbocycles.